The Morgan fingerprint density at radius 2 is 1.90 bits per heavy atom. The Kier molecular flexibility index (Phi) is 6.48. The molecule has 7 heteroatoms. The van der Waals surface area contributed by atoms with Gasteiger partial charge in [0.25, 0.3) is 5.91 Å². The van der Waals surface area contributed by atoms with E-state index in [-0.39, 0.29) is 11.5 Å². The second-order valence-corrected chi connectivity index (χ2v) is 7.54. The topological polar surface area (TPSA) is 60.8 Å². The number of rotatable bonds is 6. The van der Waals surface area contributed by atoms with Gasteiger partial charge in [-0.15, -0.1) is 0 Å². The molecule has 1 amide bonds. The highest BCUT2D eigenvalue weighted by Gasteiger charge is 2.37. The number of aryl methyl sites for hydroxylation is 1. The number of hydrogen-bond donors (Lipinski definition) is 0. The van der Waals surface area contributed by atoms with E-state index in [1.807, 2.05) is 44.2 Å². The zero-order valence-electron chi connectivity index (χ0n) is 17.8. The fourth-order valence-corrected chi connectivity index (χ4v) is 3.97. The summed E-state index contributed by atoms with van der Waals surface area (Å²) >= 11 is 6.16. The van der Waals surface area contributed by atoms with Crippen LogP contribution in [0.3, 0.4) is 0 Å². The number of benzene rings is 1. The van der Waals surface area contributed by atoms with Crippen LogP contribution in [0.15, 0.2) is 47.2 Å². The molecule has 0 bridgehead atoms. The number of carbonyl (C=O) groups is 2. The standard InChI is InChI=1S/C23H25ClN2O4/c1-14-11-17(15(2)26(14)19-8-6-7-18(24)13-19)12-20-21(23(28)30-5)16(3)25(22(20)27)9-10-29-4/h6-8,11-13H,9-10H2,1-5H3/b20-12-. The lowest BCUT2D eigenvalue weighted by Gasteiger charge is -2.16. The van der Waals surface area contributed by atoms with E-state index in [4.69, 9.17) is 21.1 Å². The Bertz CT molecular complexity index is 1070. The fraction of sp³-hybridized carbons (Fsp3) is 0.304. The molecule has 6 nitrogen and oxygen atoms in total. The first-order valence-corrected chi connectivity index (χ1v) is 9.94. The predicted molar refractivity (Wildman–Crippen MR) is 117 cm³/mol. The van der Waals surface area contributed by atoms with E-state index in [2.05, 4.69) is 4.57 Å². The number of esters is 1. The van der Waals surface area contributed by atoms with Crippen LogP contribution in [0.2, 0.25) is 5.02 Å². The molecule has 0 radical (unpaired) electrons. The smallest absolute Gasteiger partial charge is 0.340 e. The van der Waals surface area contributed by atoms with Crippen LogP contribution < -0.4 is 0 Å². The van der Waals surface area contributed by atoms with Gasteiger partial charge in [-0.25, -0.2) is 4.79 Å². The van der Waals surface area contributed by atoms with Crippen LogP contribution in [-0.2, 0) is 19.1 Å². The molecule has 0 saturated heterocycles. The number of methoxy groups -OCH3 is 2. The first-order valence-electron chi connectivity index (χ1n) is 9.57. The van der Waals surface area contributed by atoms with E-state index in [9.17, 15) is 9.59 Å². The number of halogens is 1. The van der Waals surface area contributed by atoms with E-state index in [0.29, 0.717) is 29.4 Å². The van der Waals surface area contributed by atoms with Gasteiger partial charge in [-0.05, 0) is 56.7 Å². The molecule has 2 aromatic rings. The Balaban J connectivity index is 2.10. The summed E-state index contributed by atoms with van der Waals surface area (Å²) in [7, 11) is 2.88. The summed E-state index contributed by atoms with van der Waals surface area (Å²) in [6, 6.07) is 9.56. The van der Waals surface area contributed by atoms with Crippen molar-refractivity contribution < 1.29 is 19.1 Å². The maximum absolute atomic E-state index is 13.1. The van der Waals surface area contributed by atoms with Gasteiger partial charge in [0.05, 0.1) is 24.9 Å². The van der Waals surface area contributed by atoms with Gasteiger partial charge >= 0.3 is 5.97 Å². The van der Waals surface area contributed by atoms with Crippen molar-refractivity contribution in [3.05, 3.63) is 69.1 Å². The highest BCUT2D eigenvalue weighted by atomic mass is 35.5. The third-order valence-electron chi connectivity index (χ3n) is 5.26. The number of nitrogens with zero attached hydrogens (tertiary/aromatic N) is 2. The quantitative estimate of drug-likeness (QED) is 0.514. The molecule has 0 aliphatic carbocycles. The molecule has 0 saturated carbocycles. The van der Waals surface area contributed by atoms with Crippen molar-refractivity contribution in [2.45, 2.75) is 20.8 Å². The van der Waals surface area contributed by atoms with Gasteiger partial charge in [0.1, 0.15) is 0 Å². The molecular formula is C23H25ClN2O4. The fourth-order valence-electron chi connectivity index (χ4n) is 3.78. The molecular weight excluding hydrogens is 404 g/mol. The lowest BCUT2D eigenvalue weighted by molar-refractivity contribution is -0.136. The minimum atomic E-state index is -0.532. The third kappa shape index (κ3) is 3.93. The summed E-state index contributed by atoms with van der Waals surface area (Å²) in [5, 5.41) is 0.645. The Morgan fingerprint density at radius 1 is 1.17 bits per heavy atom. The summed E-state index contributed by atoms with van der Waals surface area (Å²) in [6.45, 7) is 6.43. The molecule has 1 aliphatic rings. The Hall–Kier alpha value is -2.83. The van der Waals surface area contributed by atoms with Crippen LogP contribution in [0.1, 0.15) is 23.9 Å². The second-order valence-electron chi connectivity index (χ2n) is 7.10. The SMILES string of the molecule is COCCN1C(=O)/C(=C\c2cc(C)n(-c3cccc(Cl)c3)c2C)C(C(=O)OC)=C1C. The number of carbonyl (C=O) groups excluding carboxylic acids is 2. The number of ether oxygens (including phenoxy) is 2. The van der Waals surface area contributed by atoms with Crippen molar-refractivity contribution >= 4 is 29.6 Å². The second kappa shape index (κ2) is 8.90. The monoisotopic (exact) mass is 428 g/mol. The highest BCUT2D eigenvalue weighted by Crippen LogP contribution is 2.33. The van der Waals surface area contributed by atoms with Crippen molar-refractivity contribution in [3.63, 3.8) is 0 Å². The van der Waals surface area contributed by atoms with E-state index in [1.54, 1.807) is 25.0 Å². The van der Waals surface area contributed by atoms with Crippen LogP contribution in [0.25, 0.3) is 11.8 Å². The molecule has 0 spiro atoms. The molecule has 30 heavy (non-hydrogen) atoms. The van der Waals surface area contributed by atoms with Crippen LogP contribution >= 0.6 is 11.6 Å². The van der Waals surface area contributed by atoms with Gasteiger partial charge in [0.2, 0.25) is 0 Å². The molecule has 0 fully saturated rings. The van der Waals surface area contributed by atoms with Gasteiger partial charge in [0, 0.05) is 41.4 Å². The van der Waals surface area contributed by atoms with E-state index in [0.717, 1.165) is 22.6 Å². The summed E-state index contributed by atoms with van der Waals surface area (Å²) in [5.74, 6) is -0.770. The van der Waals surface area contributed by atoms with Gasteiger partial charge in [0.15, 0.2) is 0 Å². The molecule has 158 valence electrons. The predicted octanol–water partition coefficient (Wildman–Crippen LogP) is 4.07. The van der Waals surface area contributed by atoms with Gasteiger partial charge in [-0.3, -0.25) is 4.79 Å². The Morgan fingerprint density at radius 3 is 2.53 bits per heavy atom. The summed E-state index contributed by atoms with van der Waals surface area (Å²) < 4.78 is 12.1. The zero-order chi connectivity index (χ0) is 22.0. The summed E-state index contributed by atoms with van der Waals surface area (Å²) in [6.07, 6.45) is 1.76. The number of hydrogen-bond acceptors (Lipinski definition) is 4. The van der Waals surface area contributed by atoms with Crippen molar-refractivity contribution in [1.29, 1.82) is 0 Å². The lowest BCUT2D eigenvalue weighted by Crippen LogP contribution is -2.28. The van der Waals surface area contributed by atoms with Gasteiger partial charge in [-0.1, -0.05) is 17.7 Å². The normalized spacial score (nSPS) is 15.5. The average Bonchev–Trinajstić information content (AvgIpc) is 3.12. The van der Waals surface area contributed by atoms with Crippen molar-refractivity contribution in [3.8, 4) is 5.69 Å². The minimum absolute atomic E-state index is 0.238. The number of allylic oxidation sites excluding steroid dienone is 1. The van der Waals surface area contributed by atoms with Crippen LogP contribution in [0.4, 0.5) is 0 Å². The van der Waals surface area contributed by atoms with Gasteiger partial charge in [-0.2, -0.15) is 0 Å². The third-order valence-corrected chi connectivity index (χ3v) is 5.49. The molecule has 1 aromatic heterocycles. The largest absolute Gasteiger partial charge is 0.465 e. The van der Waals surface area contributed by atoms with Crippen LogP contribution in [0.5, 0.6) is 0 Å². The number of amides is 1. The van der Waals surface area contributed by atoms with Crippen LogP contribution in [-0.4, -0.2) is 48.7 Å². The Labute approximate surface area is 181 Å². The molecule has 3 rings (SSSR count). The first-order chi connectivity index (χ1) is 14.3. The summed E-state index contributed by atoms with van der Waals surface area (Å²) in [4.78, 5) is 27.1. The van der Waals surface area contributed by atoms with Crippen molar-refractivity contribution in [2.75, 3.05) is 27.4 Å². The minimum Gasteiger partial charge on any atom is -0.465 e. The highest BCUT2D eigenvalue weighted by molar-refractivity contribution is 6.30. The molecule has 0 atom stereocenters. The van der Waals surface area contributed by atoms with E-state index >= 15 is 0 Å². The molecule has 0 N–H and O–H groups in total. The van der Waals surface area contributed by atoms with Crippen LogP contribution in [0, 0.1) is 13.8 Å². The molecule has 1 aromatic carbocycles. The lowest BCUT2D eigenvalue weighted by atomic mass is 10.0. The van der Waals surface area contributed by atoms with E-state index in [1.165, 1.54) is 7.11 Å². The molecule has 0 unspecified atom stereocenters. The maximum Gasteiger partial charge on any atom is 0.340 e. The van der Waals surface area contributed by atoms with Crippen molar-refractivity contribution in [1.82, 2.24) is 9.47 Å². The first kappa shape index (κ1) is 21.9. The summed E-state index contributed by atoms with van der Waals surface area (Å²) in [5.41, 5.74) is 4.88. The molecule has 1 aliphatic heterocycles. The molecule has 2 heterocycles. The van der Waals surface area contributed by atoms with Gasteiger partial charge < -0.3 is 18.9 Å². The maximum atomic E-state index is 13.1. The zero-order valence-corrected chi connectivity index (χ0v) is 18.5. The number of aromatic nitrogens is 1. The van der Waals surface area contributed by atoms with Crippen molar-refractivity contribution in [2.24, 2.45) is 0 Å². The average molecular weight is 429 g/mol. The van der Waals surface area contributed by atoms with E-state index < -0.39 is 5.97 Å².